The summed E-state index contributed by atoms with van der Waals surface area (Å²) < 4.78 is 52.2. The lowest BCUT2D eigenvalue weighted by molar-refractivity contribution is 0.199. The number of aliphatic hydroxyl groups excluding tert-OH is 1. The van der Waals surface area contributed by atoms with E-state index in [-0.39, 0.29) is 16.2 Å². The van der Waals surface area contributed by atoms with Gasteiger partial charge in [0.15, 0.2) is 9.84 Å². The van der Waals surface area contributed by atoms with E-state index in [2.05, 4.69) is 0 Å². The molecule has 0 radical (unpaired) electrons. The molecule has 1 atom stereocenters. The fourth-order valence-electron chi connectivity index (χ4n) is 2.81. The van der Waals surface area contributed by atoms with Crippen LogP contribution >= 0.6 is 0 Å². The molecule has 140 valence electrons. The Morgan fingerprint density at radius 3 is 2.30 bits per heavy atom. The number of hydrogen-bond donors (Lipinski definition) is 1. The number of halogens is 2. The zero-order valence-corrected chi connectivity index (χ0v) is 15.4. The van der Waals surface area contributed by atoms with Crippen LogP contribution in [-0.4, -0.2) is 13.5 Å². The van der Waals surface area contributed by atoms with Crippen molar-refractivity contribution >= 4 is 9.84 Å². The third-order valence-electron chi connectivity index (χ3n) is 4.25. The number of rotatable bonds is 5. The van der Waals surface area contributed by atoms with Crippen LogP contribution in [0.4, 0.5) is 8.78 Å². The van der Waals surface area contributed by atoms with Gasteiger partial charge < -0.3 is 5.11 Å². The molecule has 3 aromatic rings. The largest absolute Gasteiger partial charge is 0.389 e. The first-order chi connectivity index (χ1) is 12.8. The summed E-state index contributed by atoms with van der Waals surface area (Å²) in [6.45, 7) is 1.61. The predicted molar refractivity (Wildman–Crippen MR) is 99.8 cm³/mol. The van der Waals surface area contributed by atoms with Gasteiger partial charge in [-0.05, 0) is 47.9 Å². The monoisotopic (exact) mass is 388 g/mol. The highest BCUT2D eigenvalue weighted by atomic mass is 32.2. The average molecular weight is 388 g/mol. The van der Waals surface area contributed by atoms with Gasteiger partial charge in [-0.15, -0.1) is 0 Å². The minimum absolute atomic E-state index is 0.108. The summed E-state index contributed by atoms with van der Waals surface area (Å²) in [5, 5.41) is 9.64. The van der Waals surface area contributed by atoms with Gasteiger partial charge in [0, 0.05) is 11.6 Å². The van der Waals surface area contributed by atoms with Gasteiger partial charge in [-0.25, -0.2) is 17.2 Å². The van der Waals surface area contributed by atoms with E-state index in [9.17, 15) is 22.3 Å². The summed E-state index contributed by atoms with van der Waals surface area (Å²) in [7, 11) is -3.61. The van der Waals surface area contributed by atoms with Gasteiger partial charge in [0.2, 0.25) is 0 Å². The Bertz CT molecular complexity index is 1060. The van der Waals surface area contributed by atoms with Crippen LogP contribution in [0.15, 0.2) is 71.6 Å². The molecule has 0 spiro atoms. The fourth-order valence-corrected chi connectivity index (χ4v) is 4.15. The minimum Gasteiger partial charge on any atom is -0.389 e. The van der Waals surface area contributed by atoms with Crippen molar-refractivity contribution in [3.63, 3.8) is 0 Å². The molecular formula is C21H18F2O3S. The molecule has 0 saturated carbocycles. The lowest BCUT2D eigenvalue weighted by Gasteiger charge is -2.09. The molecule has 0 saturated heterocycles. The third-order valence-corrected chi connectivity index (χ3v) is 5.95. The lowest BCUT2D eigenvalue weighted by atomic mass is 10.1. The molecule has 0 aromatic heterocycles. The molecule has 27 heavy (non-hydrogen) atoms. The first-order valence-electron chi connectivity index (χ1n) is 8.31. The van der Waals surface area contributed by atoms with E-state index in [0.29, 0.717) is 16.7 Å². The van der Waals surface area contributed by atoms with Crippen LogP contribution in [0.25, 0.3) is 11.1 Å². The molecule has 0 fully saturated rings. The van der Waals surface area contributed by atoms with Crippen molar-refractivity contribution in [1.29, 1.82) is 0 Å². The van der Waals surface area contributed by atoms with Crippen molar-refractivity contribution in [2.45, 2.75) is 23.7 Å². The number of aliphatic hydroxyl groups is 1. The maximum atomic E-state index is 13.9. The zero-order valence-electron chi connectivity index (χ0n) is 14.6. The maximum absolute atomic E-state index is 13.9. The summed E-state index contributed by atoms with van der Waals surface area (Å²) in [6, 6.07) is 15.8. The van der Waals surface area contributed by atoms with Crippen molar-refractivity contribution in [2.24, 2.45) is 0 Å². The third kappa shape index (κ3) is 4.40. The van der Waals surface area contributed by atoms with Crippen LogP contribution in [0.2, 0.25) is 0 Å². The van der Waals surface area contributed by atoms with Gasteiger partial charge >= 0.3 is 0 Å². The van der Waals surface area contributed by atoms with Crippen LogP contribution in [0, 0.1) is 11.6 Å². The van der Waals surface area contributed by atoms with E-state index in [1.165, 1.54) is 30.3 Å². The normalized spacial score (nSPS) is 12.7. The fraction of sp³-hybridized carbons (Fsp3) is 0.143. The van der Waals surface area contributed by atoms with E-state index < -0.39 is 27.6 Å². The zero-order chi connectivity index (χ0) is 19.6. The molecule has 0 aliphatic carbocycles. The number of hydrogen-bond acceptors (Lipinski definition) is 3. The van der Waals surface area contributed by atoms with Gasteiger partial charge in [-0.1, -0.05) is 36.4 Å². The Morgan fingerprint density at radius 2 is 1.67 bits per heavy atom. The molecular weight excluding hydrogens is 370 g/mol. The van der Waals surface area contributed by atoms with Crippen LogP contribution in [-0.2, 0) is 15.6 Å². The van der Waals surface area contributed by atoms with Gasteiger partial charge in [-0.2, -0.15) is 0 Å². The molecule has 0 aliphatic heterocycles. The Morgan fingerprint density at radius 1 is 0.963 bits per heavy atom. The van der Waals surface area contributed by atoms with E-state index in [1.807, 2.05) is 0 Å². The van der Waals surface area contributed by atoms with Crippen LogP contribution in [0.3, 0.4) is 0 Å². The summed E-state index contributed by atoms with van der Waals surface area (Å²) in [5.74, 6) is -1.59. The van der Waals surface area contributed by atoms with Crippen molar-refractivity contribution in [3.8, 4) is 11.1 Å². The Kier molecular flexibility index (Phi) is 5.39. The first-order valence-corrected chi connectivity index (χ1v) is 9.96. The topological polar surface area (TPSA) is 54.4 Å². The highest BCUT2D eigenvalue weighted by Crippen LogP contribution is 2.26. The molecule has 0 amide bonds. The molecule has 0 unspecified atom stereocenters. The second kappa shape index (κ2) is 7.58. The smallest absolute Gasteiger partial charge is 0.182 e. The molecule has 0 bridgehead atoms. The van der Waals surface area contributed by atoms with Crippen LogP contribution in [0.1, 0.15) is 24.2 Å². The summed E-state index contributed by atoms with van der Waals surface area (Å²) in [4.78, 5) is 0.108. The first kappa shape index (κ1) is 19.2. The van der Waals surface area contributed by atoms with Crippen molar-refractivity contribution in [1.82, 2.24) is 0 Å². The molecule has 0 heterocycles. The van der Waals surface area contributed by atoms with E-state index >= 15 is 0 Å². The molecule has 3 nitrogen and oxygen atoms in total. The summed E-state index contributed by atoms with van der Waals surface area (Å²) in [6.07, 6.45) is -0.683. The Hall–Kier alpha value is -2.57. The molecule has 1 N–H and O–H groups in total. The summed E-state index contributed by atoms with van der Waals surface area (Å²) >= 11 is 0. The summed E-state index contributed by atoms with van der Waals surface area (Å²) in [5.41, 5.74) is 1.87. The maximum Gasteiger partial charge on any atom is 0.182 e. The second-order valence-electron chi connectivity index (χ2n) is 6.33. The average Bonchev–Trinajstić information content (AvgIpc) is 2.62. The highest BCUT2D eigenvalue weighted by Gasteiger charge is 2.17. The minimum atomic E-state index is -3.61. The SMILES string of the molecule is C[C@H](O)c1cccc(CS(=O)(=O)c2ccc(-c3ccc(F)cc3F)cc2)c1. The molecule has 3 aromatic carbocycles. The quantitative estimate of drug-likeness (QED) is 0.692. The second-order valence-corrected chi connectivity index (χ2v) is 8.32. The van der Waals surface area contributed by atoms with E-state index in [0.717, 1.165) is 12.1 Å². The van der Waals surface area contributed by atoms with Crippen molar-refractivity contribution < 1.29 is 22.3 Å². The van der Waals surface area contributed by atoms with Gasteiger partial charge in [-0.3, -0.25) is 0 Å². The Labute approximate surface area is 156 Å². The van der Waals surface area contributed by atoms with Crippen molar-refractivity contribution in [3.05, 3.63) is 89.5 Å². The van der Waals surface area contributed by atoms with Gasteiger partial charge in [0.25, 0.3) is 0 Å². The van der Waals surface area contributed by atoms with E-state index in [1.54, 1.807) is 31.2 Å². The van der Waals surface area contributed by atoms with E-state index in [4.69, 9.17) is 0 Å². The molecule has 0 aliphatic rings. The lowest BCUT2D eigenvalue weighted by Crippen LogP contribution is -2.05. The highest BCUT2D eigenvalue weighted by molar-refractivity contribution is 7.90. The van der Waals surface area contributed by atoms with Crippen LogP contribution in [0.5, 0.6) is 0 Å². The Balaban J connectivity index is 1.86. The van der Waals surface area contributed by atoms with Crippen molar-refractivity contribution in [2.75, 3.05) is 0 Å². The van der Waals surface area contributed by atoms with Crippen LogP contribution < -0.4 is 0 Å². The molecule has 6 heteroatoms. The standard InChI is InChI=1S/C21H18F2O3S/c1-14(24)17-4-2-3-15(11-17)13-27(25,26)19-8-5-16(6-9-19)20-10-7-18(22)12-21(20)23/h2-12,14,24H,13H2,1H3/t14-/m0/s1. The van der Waals surface area contributed by atoms with Gasteiger partial charge in [0.1, 0.15) is 11.6 Å². The number of benzene rings is 3. The number of sulfone groups is 1. The van der Waals surface area contributed by atoms with Gasteiger partial charge in [0.05, 0.1) is 16.8 Å². The molecule has 3 rings (SSSR count). The predicted octanol–water partition coefficient (Wildman–Crippen LogP) is 4.66.